The maximum Gasteiger partial charge on any atom is 0.131 e. The summed E-state index contributed by atoms with van der Waals surface area (Å²) in [7, 11) is 0. The number of rotatable bonds is 1. The number of nitrogens with zero attached hydrogens (tertiary/aromatic N) is 2. The molecular weight excluding hydrogens is 200 g/mol. The van der Waals surface area contributed by atoms with Crippen LogP contribution >= 0.6 is 11.6 Å². The van der Waals surface area contributed by atoms with E-state index in [0.29, 0.717) is 5.15 Å². The maximum atomic E-state index is 5.84. The molecular formula is C10H13ClN2O. The summed E-state index contributed by atoms with van der Waals surface area (Å²) in [5.41, 5.74) is 1.13. The smallest absolute Gasteiger partial charge is 0.131 e. The van der Waals surface area contributed by atoms with E-state index in [9.17, 15) is 0 Å². The second kappa shape index (κ2) is 4.62. The maximum absolute atomic E-state index is 5.84. The number of aromatic nitrogens is 1. The highest BCUT2D eigenvalue weighted by atomic mass is 35.5. The summed E-state index contributed by atoms with van der Waals surface area (Å²) in [4.78, 5) is 6.24. The fourth-order valence-electron chi connectivity index (χ4n) is 1.59. The van der Waals surface area contributed by atoms with E-state index < -0.39 is 0 Å². The molecule has 2 rings (SSSR count). The Morgan fingerprint density at radius 2 is 2.29 bits per heavy atom. The molecule has 0 spiro atoms. The lowest BCUT2D eigenvalue weighted by molar-refractivity contribution is 0.152. The Morgan fingerprint density at radius 3 is 3.14 bits per heavy atom. The number of hydrogen-bond acceptors (Lipinski definition) is 3. The zero-order valence-electron chi connectivity index (χ0n) is 7.95. The Balaban J connectivity index is 2.12. The van der Waals surface area contributed by atoms with E-state index >= 15 is 0 Å². The minimum atomic E-state index is 0.549. The van der Waals surface area contributed by atoms with Gasteiger partial charge in [-0.1, -0.05) is 11.6 Å². The van der Waals surface area contributed by atoms with Crippen molar-refractivity contribution in [2.75, 3.05) is 31.2 Å². The van der Waals surface area contributed by atoms with Crippen LogP contribution in [0.1, 0.15) is 6.42 Å². The molecule has 4 heteroatoms. The van der Waals surface area contributed by atoms with Gasteiger partial charge in [0.15, 0.2) is 0 Å². The first-order chi connectivity index (χ1) is 6.86. The van der Waals surface area contributed by atoms with Gasteiger partial charge in [-0.2, -0.15) is 0 Å². The SMILES string of the molecule is Clc1cc(N2CCCOCC2)ccn1. The third kappa shape index (κ3) is 2.36. The van der Waals surface area contributed by atoms with Crippen molar-refractivity contribution in [2.45, 2.75) is 6.42 Å². The molecule has 0 aliphatic carbocycles. The van der Waals surface area contributed by atoms with Gasteiger partial charge in [0.25, 0.3) is 0 Å². The first kappa shape index (κ1) is 9.74. The molecule has 1 saturated heterocycles. The molecule has 1 aliphatic rings. The molecule has 2 heterocycles. The van der Waals surface area contributed by atoms with Gasteiger partial charge < -0.3 is 9.64 Å². The molecule has 1 aliphatic heterocycles. The Bertz CT molecular complexity index is 298. The predicted molar refractivity (Wildman–Crippen MR) is 56.9 cm³/mol. The topological polar surface area (TPSA) is 25.4 Å². The van der Waals surface area contributed by atoms with Crippen LogP contribution in [0.2, 0.25) is 5.15 Å². The molecule has 0 amide bonds. The molecule has 0 unspecified atom stereocenters. The van der Waals surface area contributed by atoms with Crippen LogP contribution < -0.4 is 4.90 Å². The molecule has 3 nitrogen and oxygen atoms in total. The molecule has 1 aromatic heterocycles. The molecule has 1 fully saturated rings. The highest BCUT2D eigenvalue weighted by Gasteiger charge is 2.09. The van der Waals surface area contributed by atoms with Crippen LogP contribution in [-0.2, 0) is 4.74 Å². The average molecular weight is 213 g/mol. The van der Waals surface area contributed by atoms with Crippen LogP contribution in [0, 0.1) is 0 Å². The van der Waals surface area contributed by atoms with Crippen LogP contribution in [0.4, 0.5) is 5.69 Å². The van der Waals surface area contributed by atoms with Gasteiger partial charge in [0.05, 0.1) is 6.61 Å². The first-order valence-electron chi connectivity index (χ1n) is 4.80. The lowest BCUT2D eigenvalue weighted by Gasteiger charge is -2.21. The number of pyridine rings is 1. The van der Waals surface area contributed by atoms with Crippen molar-refractivity contribution >= 4 is 17.3 Å². The van der Waals surface area contributed by atoms with E-state index in [1.807, 2.05) is 12.1 Å². The monoisotopic (exact) mass is 212 g/mol. The van der Waals surface area contributed by atoms with E-state index in [0.717, 1.165) is 38.4 Å². The van der Waals surface area contributed by atoms with E-state index in [4.69, 9.17) is 16.3 Å². The average Bonchev–Trinajstić information content (AvgIpc) is 2.45. The third-order valence-electron chi connectivity index (χ3n) is 2.30. The summed E-state index contributed by atoms with van der Waals surface area (Å²) in [6.45, 7) is 3.61. The fraction of sp³-hybridized carbons (Fsp3) is 0.500. The predicted octanol–water partition coefficient (Wildman–Crippen LogP) is 1.96. The van der Waals surface area contributed by atoms with Crippen molar-refractivity contribution in [1.82, 2.24) is 4.98 Å². The third-order valence-corrected chi connectivity index (χ3v) is 2.50. The summed E-state index contributed by atoms with van der Waals surface area (Å²) >= 11 is 5.84. The Labute approximate surface area is 88.6 Å². The summed E-state index contributed by atoms with van der Waals surface area (Å²) in [5.74, 6) is 0. The van der Waals surface area contributed by atoms with Gasteiger partial charge in [-0.25, -0.2) is 4.98 Å². The van der Waals surface area contributed by atoms with Gasteiger partial charge in [-0.3, -0.25) is 0 Å². The van der Waals surface area contributed by atoms with E-state index in [1.54, 1.807) is 6.20 Å². The first-order valence-corrected chi connectivity index (χ1v) is 5.18. The minimum Gasteiger partial charge on any atom is -0.380 e. The number of ether oxygens (including phenoxy) is 1. The van der Waals surface area contributed by atoms with E-state index in [-0.39, 0.29) is 0 Å². The van der Waals surface area contributed by atoms with Crippen LogP contribution in [0.3, 0.4) is 0 Å². The quantitative estimate of drug-likeness (QED) is 0.666. The molecule has 0 saturated carbocycles. The number of halogens is 1. The van der Waals surface area contributed by atoms with Crippen molar-refractivity contribution in [2.24, 2.45) is 0 Å². The molecule has 0 N–H and O–H groups in total. The molecule has 14 heavy (non-hydrogen) atoms. The Kier molecular flexibility index (Phi) is 3.22. The number of hydrogen-bond donors (Lipinski definition) is 0. The van der Waals surface area contributed by atoms with Gasteiger partial charge in [0.1, 0.15) is 5.15 Å². The second-order valence-corrected chi connectivity index (χ2v) is 3.68. The molecule has 0 radical (unpaired) electrons. The lowest BCUT2D eigenvalue weighted by atomic mass is 10.3. The van der Waals surface area contributed by atoms with Crippen molar-refractivity contribution in [3.8, 4) is 0 Å². The van der Waals surface area contributed by atoms with Gasteiger partial charge in [-0.05, 0) is 18.6 Å². The zero-order chi connectivity index (χ0) is 9.80. The van der Waals surface area contributed by atoms with Crippen LogP contribution in [0.5, 0.6) is 0 Å². The largest absolute Gasteiger partial charge is 0.380 e. The minimum absolute atomic E-state index is 0.549. The van der Waals surface area contributed by atoms with Crippen LogP contribution in [0.15, 0.2) is 18.3 Å². The molecule has 76 valence electrons. The normalized spacial score (nSPS) is 17.9. The summed E-state index contributed by atoms with van der Waals surface area (Å²) in [5, 5.41) is 0.549. The van der Waals surface area contributed by atoms with Gasteiger partial charge in [0.2, 0.25) is 0 Å². The second-order valence-electron chi connectivity index (χ2n) is 3.29. The van der Waals surface area contributed by atoms with Gasteiger partial charge in [0, 0.05) is 31.6 Å². The van der Waals surface area contributed by atoms with Gasteiger partial charge >= 0.3 is 0 Å². The standard InChI is InChI=1S/C10H13ClN2O/c11-10-8-9(2-3-12-10)13-4-1-6-14-7-5-13/h2-3,8H,1,4-7H2. The Hall–Kier alpha value is -0.800. The summed E-state index contributed by atoms with van der Waals surface area (Å²) in [6.07, 6.45) is 2.81. The fourth-order valence-corrected chi connectivity index (χ4v) is 1.76. The molecule has 1 aromatic rings. The van der Waals surface area contributed by atoms with Crippen molar-refractivity contribution in [3.63, 3.8) is 0 Å². The van der Waals surface area contributed by atoms with E-state index in [1.165, 1.54) is 0 Å². The van der Waals surface area contributed by atoms with Crippen molar-refractivity contribution in [1.29, 1.82) is 0 Å². The van der Waals surface area contributed by atoms with Crippen LogP contribution in [0.25, 0.3) is 0 Å². The van der Waals surface area contributed by atoms with Crippen molar-refractivity contribution < 1.29 is 4.74 Å². The van der Waals surface area contributed by atoms with E-state index in [2.05, 4.69) is 9.88 Å². The zero-order valence-corrected chi connectivity index (χ0v) is 8.70. The highest BCUT2D eigenvalue weighted by molar-refractivity contribution is 6.29. The molecule has 0 bridgehead atoms. The number of anilines is 1. The van der Waals surface area contributed by atoms with Crippen LogP contribution in [-0.4, -0.2) is 31.3 Å². The Morgan fingerprint density at radius 1 is 1.36 bits per heavy atom. The summed E-state index contributed by atoms with van der Waals surface area (Å²) in [6, 6.07) is 3.88. The summed E-state index contributed by atoms with van der Waals surface area (Å²) < 4.78 is 5.39. The van der Waals surface area contributed by atoms with Gasteiger partial charge in [-0.15, -0.1) is 0 Å². The lowest BCUT2D eigenvalue weighted by Crippen LogP contribution is -2.25. The highest BCUT2D eigenvalue weighted by Crippen LogP contribution is 2.18. The molecule has 0 atom stereocenters. The molecule has 0 aromatic carbocycles. The van der Waals surface area contributed by atoms with Crippen molar-refractivity contribution in [3.05, 3.63) is 23.5 Å².